The molecule has 1 N–H and O–H groups in total. The first-order chi connectivity index (χ1) is 6.75. The standard InChI is InChI=1S/C6H13NO.C3H6O2.C2H6/c1-6(2,3)5(8)7-4;1-3(4)5-2;1-2/h1-4H3,(H,7,8);1-2H3;1-2H3. The predicted octanol–water partition coefficient (Wildman–Crippen LogP) is 1.98. The van der Waals surface area contributed by atoms with Crippen LogP contribution >= 0.6 is 0 Å². The van der Waals surface area contributed by atoms with Gasteiger partial charge in [0.2, 0.25) is 5.91 Å². The number of hydrogen-bond acceptors (Lipinski definition) is 3. The summed E-state index contributed by atoms with van der Waals surface area (Å²) >= 11 is 0. The van der Waals surface area contributed by atoms with E-state index in [4.69, 9.17) is 0 Å². The van der Waals surface area contributed by atoms with Gasteiger partial charge in [-0.15, -0.1) is 0 Å². The fraction of sp³-hybridized carbons (Fsp3) is 0.818. The van der Waals surface area contributed by atoms with Crippen molar-refractivity contribution in [3.05, 3.63) is 0 Å². The Morgan fingerprint density at radius 3 is 1.40 bits per heavy atom. The minimum atomic E-state index is -0.245. The smallest absolute Gasteiger partial charge is 0.302 e. The summed E-state index contributed by atoms with van der Waals surface area (Å²) in [5.74, 6) is -0.164. The first-order valence-electron chi connectivity index (χ1n) is 5.02. The number of nitrogens with one attached hydrogen (secondary N) is 1. The van der Waals surface area contributed by atoms with Crippen LogP contribution < -0.4 is 5.32 Å². The van der Waals surface area contributed by atoms with Crippen molar-refractivity contribution in [3.8, 4) is 0 Å². The lowest BCUT2D eigenvalue weighted by molar-refractivity contribution is -0.138. The molecule has 1 amide bonds. The van der Waals surface area contributed by atoms with Crippen LogP contribution in [-0.2, 0) is 14.3 Å². The van der Waals surface area contributed by atoms with Gasteiger partial charge in [0, 0.05) is 19.4 Å². The van der Waals surface area contributed by atoms with Crippen molar-refractivity contribution in [2.45, 2.75) is 41.5 Å². The number of methoxy groups -OCH3 is 1. The molecule has 4 heteroatoms. The van der Waals surface area contributed by atoms with Crippen molar-refractivity contribution < 1.29 is 14.3 Å². The van der Waals surface area contributed by atoms with E-state index in [2.05, 4.69) is 10.1 Å². The molecule has 0 aromatic rings. The van der Waals surface area contributed by atoms with Gasteiger partial charge in [0.25, 0.3) is 0 Å². The zero-order valence-corrected chi connectivity index (χ0v) is 11.2. The summed E-state index contributed by atoms with van der Waals surface area (Å²) in [5, 5.41) is 2.57. The van der Waals surface area contributed by atoms with Gasteiger partial charge < -0.3 is 10.1 Å². The molecule has 0 heterocycles. The van der Waals surface area contributed by atoms with Crippen molar-refractivity contribution in [2.24, 2.45) is 5.41 Å². The van der Waals surface area contributed by atoms with Gasteiger partial charge in [-0.05, 0) is 0 Å². The number of carbonyl (C=O) groups is 2. The van der Waals surface area contributed by atoms with E-state index in [1.807, 2.05) is 34.6 Å². The molecular formula is C11H25NO3. The molecule has 0 spiro atoms. The first-order valence-corrected chi connectivity index (χ1v) is 5.02. The van der Waals surface area contributed by atoms with E-state index >= 15 is 0 Å². The molecule has 0 saturated carbocycles. The molecule has 0 aromatic carbocycles. The summed E-state index contributed by atoms with van der Waals surface area (Å²) in [6, 6.07) is 0. The second-order valence-electron chi connectivity index (χ2n) is 3.52. The molecule has 0 fully saturated rings. The maximum atomic E-state index is 10.7. The number of rotatable bonds is 0. The average molecular weight is 219 g/mol. The Morgan fingerprint density at radius 1 is 1.13 bits per heavy atom. The summed E-state index contributed by atoms with van der Waals surface area (Å²) < 4.78 is 4.11. The molecule has 0 rings (SSSR count). The van der Waals surface area contributed by atoms with Gasteiger partial charge in [-0.1, -0.05) is 34.6 Å². The second kappa shape index (κ2) is 11.0. The number of ether oxygens (including phenoxy) is 1. The van der Waals surface area contributed by atoms with Gasteiger partial charge in [-0.2, -0.15) is 0 Å². The summed E-state index contributed by atoms with van der Waals surface area (Å²) in [6.45, 7) is 11.0. The van der Waals surface area contributed by atoms with Crippen LogP contribution in [-0.4, -0.2) is 26.0 Å². The average Bonchev–Trinajstić information content (AvgIpc) is 2.19. The van der Waals surface area contributed by atoms with Gasteiger partial charge in [0.1, 0.15) is 0 Å². The van der Waals surface area contributed by atoms with E-state index in [1.165, 1.54) is 14.0 Å². The first kappa shape index (κ1) is 19.5. The third kappa shape index (κ3) is 19.4. The van der Waals surface area contributed by atoms with E-state index in [1.54, 1.807) is 7.05 Å². The van der Waals surface area contributed by atoms with E-state index in [-0.39, 0.29) is 17.3 Å². The van der Waals surface area contributed by atoms with Crippen LogP contribution in [0.3, 0.4) is 0 Å². The zero-order valence-electron chi connectivity index (χ0n) is 11.2. The molecule has 0 radical (unpaired) electrons. The molecule has 15 heavy (non-hydrogen) atoms. The lowest BCUT2D eigenvalue weighted by Crippen LogP contribution is -2.31. The fourth-order valence-electron chi connectivity index (χ4n) is 0.375. The SMILES string of the molecule is CC.CNC(=O)C(C)(C)C.COC(C)=O. The third-order valence-corrected chi connectivity index (χ3v) is 1.20. The quantitative estimate of drug-likeness (QED) is 0.634. The molecule has 92 valence electrons. The Morgan fingerprint density at radius 2 is 1.40 bits per heavy atom. The Kier molecular flexibility index (Phi) is 14.3. The minimum absolute atomic E-state index is 0.0810. The van der Waals surface area contributed by atoms with E-state index < -0.39 is 0 Å². The molecule has 0 atom stereocenters. The summed E-state index contributed by atoms with van der Waals surface area (Å²) in [6.07, 6.45) is 0. The van der Waals surface area contributed by atoms with Crippen LogP contribution in [0.5, 0.6) is 0 Å². The van der Waals surface area contributed by atoms with Gasteiger partial charge in [0.05, 0.1) is 7.11 Å². The Hall–Kier alpha value is -1.06. The topological polar surface area (TPSA) is 55.4 Å². The Balaban J connectivity index is -0.000000177. The fourth-order valence-corrected chi connectivity index (χ4v) is 0.375. The molecule has 0 bridgehead atoms. The highest BCUT2D eigenvalue weighted by atomic mass is 16.5. The monoisotopic (exact) mass is 219 g/mol. The largest absolute Gasteiger partial charge is 0.469 e. The van der Waals surface area contributed by atoms with Gasteiger partial charge in [-0.25, -0.2) is 0 Å². The lowest BCUT2D eigenvalue weighted by Gasteiger charge is -2.14. The molecule has 0 aliphatic carbocycles. The van der Waals surface area contributed by atoms with E-state index in [0.717, 1.165) is 0 Å². The number of carbonyl (C=O) groups excluding carboxylic acids is 2. The molecule has 0 aliphatic heterocycles. The van der Waals surface area contributed by atoms with Crippen molar-refractivity contribution in [1.29, 1.82) is 0 Å². The molecule has 4 nitrogen and oxygen atoms in total. The molecular weight excluding hydrogens is 194 g/mol. The maximum absolute atomic E-state index is 10.7. The van der Waals surface area contributed by atoms with Crippen molar-refractivity contribution >= 4 is 11.9 Å². The molecule has 0 aromatic heterocycles. The number of amides is 1. The van der Waals surface area contributed by atoms with Gasteiger partial charge in [-0.3, -0.25) is 9.59 Å². The van der Waals surface area contributed by atoms with Crippen LogP contribution in [0.15, 0.2) is 0 Å². The normalized spacial score (nSPS) is 8.53. The zero-order chi connectivity index (χ0) is 13.1. The Labute approximate surface area is 93.4 Å². The Bertz CT molecular complexity index is 171. The van der Waals surface area contributed by atoms with Crippen LogP contribution in [0.1, 0.15) is 41.5 Å². The summed E-state index contributed by atoms with van der Waals surface area (Å²) in [5.41, 5.74) is -0.241. The highest BCUT2D eigenvalue weighted by molar-refractivity contribution is 5.80. The van der Waals surface area contributed by atoms with Crippen molar-refractivity contribution in [1.82, 2.24) is 5.32 Å². The van der Waals surface area contributed by atoms with Crippen LogP contribution in [0, 0.1) is 5.41 Å². The molecule has 0 unspecified atom stereocenters. The predicted molar refractivity (Wildman–Crippen MR) is 62.6 cm³/mol. The highest BCUT2D eigenvalue weighted by Gasteiger charge is 2.18. The van der Waals surface area contributed by atoms with Crippen LogP contribution in [0.25, 0.3) is 0 Å². The lowest BCUT2D eigenvalue weighted by atomic mass is 9.96. The highest BCUT2D eigenvalue weighted by Crippen LogP contribution is 2.11. The molecule has 0 aliphatic rings. The minimum Gasteiger partial charge on any atom is -0.469 e. The van der Waals surface area contributed by atoms with Crippen LogP contribution in [0.4, 0.5) is 0 Å². The second-order valence-corrected chi connectivity index (χ2v) is 3.52. The summed E-state index contributed by atoms with van der Waals surface area (Å²) in [7, 11) is 3.00. The van der Waals surface area contributed by atoms with Gasteiger partial charge in [0.15, 0.2) is 0 Å². The van der Waals surface area contributed by atoms with Crippen molar-refractivity contribution in [3.63, 3.8) is 0 Å². The maximum Gasteiger partial charge on any atom is 0.302 e. The van der Waals surface area contributed by atoms with Crippen LogP contribution in [0.2, 0.25) is 0 Å². The van der Waals surface area contributed by atoms with E-state index in [0.29, 0.717) is 0 Å². The number of hydrogen-bond donors (Lipinski definition) is 1. The van der Waals surface area contributed by atoms with Crippen molar-refractivity contribution in [2.75, 3.05) is 14.2 Å². The number of esters is 1. The van der Waals surface area contributed by atoms with E-state index in [9.17, 15) is 9.59 Å². The summed E-state index contributed by atoms with van der Waals surface area (Å²) in [4.78, 5) is 20.3. The van der Waals surface area contributed by atoms with Gasteiger partial charge >= 0.3 is 5.97 Å². The third-order valence-electron chi connectivity index (χ3n) is 1.20. The molecule has 0 saturated heterocycles.